The molecule has 0 atom stereocenters. The Morgan fingerprint density at radius 2 is 2.17 bits per heavy atom. The maximum atomic E-state index is 12.0. The Bertz CT molecular complexity index is 595. The van der Waals surface area contributed by atoms with Crippen molar-refractivity contribution >= 4 is 23.2 Å². The molecule has 1 aromatic heterocycles. The Labute approximate surface area is 109 Å². The number of hydrogen-bond donors (Lipinski definition) is 0. The Balaban J connectivity index is 2.12. The molecule has 2 aromatic rings. The minimum absolute atomic E-state index is 0.0318. The van der Waals surface area contributed by atoms with E-state index in [0.717, 1.165) is 16.9 Å². The molecule has 0 spiro atoms. The molecule has 1 aliphatic heterocycles. The summed E-state index contributed by atoms with van der Waals surface area (Å²) in [4.78, 5) is 13.6. The molecule has 0 saturated carbocycles. The Hall–Kier alpha value is -1.88. The van der Waals surface area contributed by atoms with Crippen LogP contribution in [0.4, 0.5) is 5.69 Å². The van der Waals surface area contributed by atoms with Crippen LogP contribution < -0.4 is 4.90 Å². The lowest BCUT2D eigenvalue weighted by Crippen LogP contribution is -2.31. The lowest BCUT2D eigenvalue weighted by Gasteiger charge is -2.21. The van der Waals surface area contributed by atoms with Crippen molar-refractivity contribution in [1.82, 2.24) is 15.0 Å². The van der Waals surface area contributed by atoms with Crippen molar-refractivity contribution in [3.8, 4) is 0 Å². The van der Waals surface area contributed by atoms with Crippen molar-refractivity contribution in [2.24, 2.45) is 0 Å². The van der Waals surface area contributed by atoms with Crippen LogP contribution in [0.15, 0.2) is 30.5 Å². The number of para-hydroxylation sites is 1. The minimum Gasteiger partial charge on any atom is -0.305 e. The van der Waals surface area contributed by atoms with Gasteiger partial charge in [-0.05, 0) is 11.6 Å². The molecule has 0 fully saturated rings. The molecule has 18 heavy (non-hydrogen) atoms. The Morgan fingerprint density at radius 3 is 3.00 bits per heavy atom. The molecule has 6 heteroatoms. The van der Waals surface area contributed by atoms with Crippen molar-refractivity contribution in [2.75, 3.05) is 10.8 Å². The number of benzene rings is 1. The van der Waals surface area contributed by atoms with Crippen LogP contribution >= 0.6 is 11.6 Å². The van der Waals surface area contributed by atoms with E-state index in [2.05, 4.69) is 10.3 Å². The largest absolute Gasteiger partial charge is 0.305 e. The van der Waals surface area contributed by atoms with E-state index in [1.165, 1.54) is 0 Å². The van der Waals surface area contributed by atoms with Crippen LogP contribution in [0.25, 0.3) is 0 Å². The Morgan fingerprint density at radius 1 is 1.33 bits per heavy atom. The van der Waals surface area contributed by atoms with Crippen LogP contribution in [0.2, 0.25) is 0 Å². The van der Waals surface area contributed by atoms with Crippen molar-refractivity contribution in [2.45, 2.75) is 13.1 Å². The molecule has 3 rings (SSSR count). The summed E-state index contributed by atoms with van der Waals surface area (Å²) in [6.45, 7) is 1.08. The van der Waals surface area contributed by atoms with E-state index in [1.807, 2.05) is 24.3 Å². The number of amides is 1. The second-order valence-electron chi connectivity index (χ2n) is 4.13. The monoisotopic (exact) mass is 262 g/mol. The van der Waals surface area contributed by atoms with Gasteiger partial charge in [-0.3, -0.25) is 4.79 Å². The van der Waals surface area contributed by atoms with Gasteiger partial charge in [-0.15, -0.1) is 16.7 Å². The average molecular weight is 263 g/mol. The molecule has 0 bridgehead atoms. The van der Waals surface area contributed by atoms with E-state index in [9.17, 15) is 4.79 Å². The topological polar surface area (TPSA) is 51.0 Å². The molecule has 0 unspecified atom stereocenters. The lowest BCUT2D eigenvalue weighted by atomic mass is 10.1. The van der Waals surface area contributed by atoms with Gasteiger partial charge >= 0.3 is 0 Å². The van der Waals surface area contributed by atoms with E-state index in [-0.39, 0.29) is 11.8 Å². The highest BCUT2D eigenvalue weighted by atomic mass is 35.5. The fraction of sp³-hybridized carbons (Fsp3) is 0.250. The molecule has 0 N–H and O–H groups in total. The van der Waals surface area contributed by atoms with Gasteiger partial charge < -0.3 is 4.90 Å². The van der Waals surface area contributed by atoms with Gasteiger partial charge in [0.1, 0.15) is 5.88 Å². The third kappa shape index (κ3) is 1.76. The number of halogens is 1. The van der Waals surface area contributed by atoms with Crippen molar-refractivity contribution in [3.63, 3.8) is 0 Å². The average Bonchev–Trinajstić information content (AvgIpc) is 2.77. The SMILES string of the molecule is O=C(CCl)N1Cc2cnnn2Cc2ccccc21. The predicted molar refractivity (Wildman–Crippen MR) is 67.5 cm³/mol. The number of nitrogens with zero attached hydrogens (tertiary/aromatic N) is 4. The highest BCUT2D eigenvalue weighted by Gasteiger charge is 2.23. The van der Waals surface area contributed by atoms with Crippen LogP contribution in [0, 0.1) is 0 Å². The fourth-order valence-corrected chi connectivity index (χ4v) is 2.29. The molecule has 5 nitrogen and oxygen atoms in total. The molecule has 2 heterocycles. The van der Waals surface area contributed by atoms with E-state index >= 15 is 0 Å². The first-order valence-electron chi connectivity index (χ1n) is 5.61. The summed E-state index contributed by atoms with van der Waals surface area (Å²) in [5.74, 6) is -0.144. The summed E-state index contributed by atoms with van der Waals surface area (Å²) in [5.41, 5.74) is 2.85. The minimum atomic E-state index is -0.112. The number of anilines is 1. The highest BCUT2D eigenvalue weighted by molar-refractivity contribution is 6.29. The zero-order valence-corrected chi connectivity index (χ0v) is 10.3. The number of alkyl halides is 1. The third-order valence-corrected chi connectivity index (χ3v) is 3.26. The lowest BCUT2D eigenvalue weighted by molar-refractivity contribution is -0.116. The van der Waals surface area contributed by atoms with Crippen LogP contribution in [0.5, 0.6) is 0 Å². The second-order valence-corrected chi connectivity index (χ2v) is 4.39. The molecular formula is C12H11ClN4O. The molecule has 1 amide bonds. The maximum absolute atomic E-state index is 12.0. The first-order valence-corrected chi connectivity index (χ1v) is 6.14. The van der Waals surface area contributed by atoms with Gasteiger partial charge in [0, 0.05) is 5.69 Å². The Kier molecular flexibility index (Phi) is 2.76. The summed E-state index contributed by atoms with van der Waals surface area (Å²) >= 11 is 5.68. The summed E-state index contributed by atoms with van der Waals surface area (Å²) in [6.07, 6.45) is 1.68. The zero-order valence-electron chi connectivity index (χ0n) is 9.58. The number of carbonyl (C=O) groups excluding carboxylic acids is 1. The number of fused-ring (bicyclic) bond motifs is 2. The number of carbonyl (C=O) groups is 1. The zero-order chi connectivity index (χ0) is 12.5. The highest BCUT2D eigenvalue weighted by Crippen LogP contribution is 2.26. The standard InChI is InChI=1S/C12H11ClN4O/c13-5-12(18)16-8-10-6-14-15-17(10)7-9-3-1-2-4-11(9)16/h1-4,6H,5,7-8H2. The second kappa shape index (κ2) is 4.42. The number of rotatable bonds is 1. The van der Waals surface area contributed by atoms with E-state index in [4.69, 9.17) is 11.6 Å². The molecule has 1 aliphatic rings. The predicted octanol–water partition coefficient (Wildman–Crippen LogP) is 1.41. The third-order valence-electron chi connectivity index (χ3n) is 3.04. The number of hydrogen-bond acceptors (Lipinski definition) is 3. The molecule has 0 saturated heterocycles. The van der Waals surface area contributed by atoms with Gasteiger partial charge in [-0.2, -0.15) is 0 Å². The van der Waals surface area contributed by atoms with Gasteiger partial charge in [0.15, 0.2) is 0 Å². The smallest absolute Gasteiger partial charge is 0.242 e. The normalized spacial score (nSPS) is 13.7. The first kappa shape index (κ1) is 11.2. The quantitative estimate of drug-likeness (QED) is 0.730. The van der Waals surface area contributed by atoms with Crippen molar-refractivity contribution in [1.29, 1.82) is 0 Å². The van der Waals surface area contributed by atoms with Crippen LogP contribution in [-0.2, 0) is 17.9 Å². The van der Waals surface area contributed by atoms with Crippen molar-refractivity contribution in [3.05, 3.63) is 41.7 Å². The molecular weight excluding hydrogens is 252 g/mol. The van der Waals surface area contributed by atoms with Gasteiger partial charge in [0.05, 0.1) is 25.0 Å². The molecule has 0 aliphatic carbocycles. The van der Waals surface area contributed by atoms with E-state index in [1.54, 1.807) is 15.8 Å². The van der Waals surface area contributed by atoms with Crippen LogP contribution in [0.3, 0.4) is 0 Å². The van der Waals surface area contributed by atoms with E-state index < -0.39 is 0 Å². The summed E-state index contributed by atoms with van der Waals surface area (Å²) in [5, 5.41) is 7.91. The molecule has 0 radical (unpaired) electrons. The molecule has 1 aromatic carbocycles. The van der Waals surface area contributed by atoms with Gasteiger partial charge in [0.25, 0.3) is 0 Å². The van der Waals surface area contributed by atoms with Gasteiger partial charge in [-0.1, -0.05) is 23.4 Å². The van der Waals surface area contributed by atoms with Gasteiger partial charge in [0.2, 0.25) is 5.91 Å². The van der Waals surface area contributed by atoms with Gasteiger partial charge in [-0.25, -0.2) is 4.68 Å². The van der Waals surface area contributed by atoms with E-state index in [0.29, 0.717) is 13.1 Å². The summed E-state index contributed by atoms with van der Waals surface area (Å²) < 4.78 is 1.81. The molecule has 92 valence electrons. The number of aromatic nitrogens is 3. The van der Waals surface area contributed by atoms with Crippen LogP contribution in [0.1, 0.15) is 11.3 Å². The van der Waals surface area contributed by atoms with Crippen LogP contribution in [-0.4, -0.2) is 26.8 Å². The summed E-state index contributed by atoms with van der Waals surface area (Å²) in [6, 6.07) is 7.78. The fourth-order valence-electron chi connectivity index (χ4n) is 2.15. The first-order chi connectivity index (χ1) is 8.79. The van der Waals surface area contributed by atoms with Crippen molar-refractivity contribution < 1.29 is 4.79 Å². The summed E-state index contributed by atoms with van der Waals surface area (Å²) in [7, 11) is 0. The maximum Gasteiger partial charge on any atom is 0.242 e.